The summed E-state index contributed by atoms with van der Waals surface area (Å²) in [5, 5.41) is 7.46. The van der Waals surface area contributed by atoms with Gasteiger partial charge < -0.3 is 5.32 Å². The van der Waals surface area contributed by atoms with Gasteiger partial charge in [-0.3, -0.25) is 0 Å². The Morgan fingerprint density at radius 1 is 1.36 bits per heavy atom. The molecule has 0 spiro atoms. The maximum Gasteiger partial charge on any atom is 0.127 e. The first-order chi connectivity index (χ1) is 6.84. The highest BCUT2D eigenvalue weighted by atomic mass is 79.9. The summed E-state index contributed by atoms with van der Waals surface area (Å²) in [7, 11) is 0. The first-order valence-electron chi connectivity index (χ1n) is 4.22. The molecule has 2 heterocycles. The highest BCUT2D eigenvalue weighted by molar-refractivity contribution is 9.10. The molecule has 0 radical (unpaired) electrons. The van der Waals surface area contributed by atoms with E-state index in [2.05, 4.69) is 43.1 Å². The van der Waals surface area contributed by atoms with Crippen LogP contribution in [0.3, 0.4) is 0 Å². The second-order valence-electron chi connectivity index (χ2n) is 2.83. The van der Waals surface area contributed by atoms with Crippen LogP contribution in [-0.4, -0.2) is 4.98 Å². The summed E-state index contributed by atoms with van der Waals surface area (Å²) >= 11 is 5.04. The second-order valence-corrected chi connectivity index (χ2v) is 4.42. The lowest BCUT2D eigenvalue weighted by atomic mass is 10.3. The number of aromatic nitrogens is 1. The van der Waals surface area contributed by atoms with Crippen LogP contribution in [0.4, 0.5) is 5.82 Å². The lowest BCUT2D eigenvalue weighted by Crippen LogP contribution is -1.99. The number of thiophene rings is 1. The third-order valence-electron chi connectivity index (χ3n) is 1.77. The minimum absolute atomic E-state index is 0.826. The first kappa shape index (κ1) is 9.68. The predicted molar refractivity (Wildman–Crippen MR) is 63.6 cm³/mol. The maximum absolute atomic E-state index is 4.28. The molecule has 1 N–H and O–H groups in total. The molecule has 0 fully saturated rings. The lowest BCUT2D eigenvalue weighted by molar-refractivity contribution is 1.11. The van der Waals surface area contributed by atoms with E-state index in [1.54, 1.807) is 11.3 Å². The Kier molecular flexibility index (Phi) is 3.16. The fraction of sp³-hybridized carbons (Fsp3) is 0.100. The van der Waals surface area contributed by atoms with E-state index >= 15 is 0 Å². The van der Waals surface area contributed by atoms with Crippen LogP contribution in [0.1, 0.15) is 5.56 Å². The Labute approximate surface area is 95.1 Å². The van der Waals surface area contributed by atoms with Crippen LogP contribution in [0.15, 0.2) is 39.6 Å². The van der Waals surface area contributed by atoms with Gasteiger partial charge in [-0.25, -0.2) is 4.98 Å². The van der Waals surface area contributed by atoms with Gasteiger partial charge in [-0.05, 0) is 50.5 Å². The number of nitrogens with zero attached hydrogens (tertiary/aromatic N) is 1. The number of hydrogen-bond acceptors (Lipinski definition) is 3. The Morgan fingerprint density at radius 2 is 2.29 bits per heavy atom. The highest BCUT2D eigenvalue weighted by Gasteiger charge is 1.95. The van der Waals surface area contributed by atoms with Crippen molar-refractivity contribution >= 4 is 33.1 Å². The van der Waals surface area contributed by atoms with Crippen LogP contribution in [0.25, 0.3) is 0 Å². The molecule has 0 saturated heterocycles. The molecule has 0 saturated carbocycles. The molecule has 2 rings (SSSR count). The highest BCUT2D eigenvalue weighted by Crippen LogP contribution is 2.12. The largest absolute Gasteiger partial charge is 0.366 e. The van der Waals surface area contributed by atoms with Gasteiger partial charge in [0.15, 0.2) is 0 Å². The third-order valence-corrected chi connectivity index (χ3v) is 2.94. The summed E-state index contributed by atoms with van der Waals surface area (Å²) in [5.74, 6) is 0.894. The van der Waals surface area contributed by atoms with E-state index in [1.165, 1.54) is 5.56 Å². The molecule has 2 aromatic rings. The topological polar surface area (TPSA) is 24.9 Å². The SMILES string of the molecule is Brc1cccc(NCc2ccsc2)n1. The van der Waals surface area contributed by atoms with Crippen molar-refractivity contribution < 1.29 is 0 Å². The molecule has 0 aliphatic carbocycles. The molecule has 2 aromatic heterocycles. The van der Waals surface area contributed by atoms with E-state index in [-0.39, 0.29) is 0 Å². The van der Waals surface area contributed by atoms with Gasteiger partial charge in [0.25, 0.3) is 0 Å². The molecule has 0 aliphatic rings. The van der Waals surface area contributed by atoms with Crippen molar-refractivity contribution in [1.29, 1.82) is 0 Å². The molecule has 72 valence electrons. The summed E-state index contributed by atoms with van der Waals surface area (Å²) in [4.78, 5) is 4.28. The number of nitrogens with one attached hydrogen (secondary N) is 1. The second kappa shape index (κ2) is 4.57. The first-order valence-corrected chi connectivity index (χ1v) is 5.96. The number of rotatable bonds is 3. The van der Waals surface area contributed by atoms with Gasteiger partial charge >= 0.3 is 0 Å². The molecule has 0 atom stereocenters. The summed E-state index contributed by atoms with van der Waals surface area (Å²) in [6, 6.07) is 7.94. The number of hydrogen-bond donors (Lipinski definition) is 1. The van der Waals surface area contributed by atoms with Crippen molar-refractivity contribution in [3.8, 4) is 0 Å². The van der Waals surface area contributed by atoms with Crippen LogP contribution < -0.4 is 5.32 Å². The zero-order valence-corrected chi connectivity index (χ0v) is 9.81. The quantitative estimate of drug-likeness (QED) is 0.862. The van der Waals surface area contributed by atoms with Gasteiger partial charge in [-0.15, -0.1) is 0 Å². The Balaban J connectivity index is 1.98. The van der Waals surface area contributed by atoms with Crippen molar-refractivity contribution in [1.82, 2.24) is 4.98 Å². The smallest absolute Gasteiger partial charge is 0.127 e. The number of pyridine rings is 1. The summed E-state index contributed by atoms with van der Waals surface area (Å²) < 4.78 is 0.854. The predicted octanol–water partition coefficient (Wildman–Crippen LogP) is 3.52. The van der Waals surface area contributed by atoms with Crippen LogP contribution in [0, 0.1) is 0 Å². The van der Waals surface area contributed by atoms with Crippen LogP contribution in [-0.2, 0) is 6.54 Å². The van der Waals surface area contributed by atoms with Crippen molar-refractivity contribution in [2.24, 2.45) is 0 Å². The number of halogens is 1. The zero-order valence-electron chi connectivity index (χ0n) is 7.40. The fourth-order valence-electron chi connectivity index (χ4n) is 1.09. The van der Waals surface area contributed by atoms with Gasteiger partial charge in [0, 0.05) is 6.54 Å². The van der Waals surface area contributed by atoms with Crippen molar-refractivity contribution in [3.63, 3.8) is 0 Å². The average molecular weight is 269 g/mol. The molecule has 0 unspecified atom stereocenters. The van der Waals surface area contributed by atoms with Crippen molar-refractivity contribution in [2.75, 3.05) is 5.32 Å². The molecule has 4 heteroatoms. The summed E-state index contributed by atoms with van der Waals surface area (Å²) in [6.45, 7) is 0.826. The van der Waals surface area contributed by atoms with E-state index in [4.69, 9.17) is 0 Å². The molecular weight excluding hydrogens is 260 g/mol. The Morgan fingerprint density at radius 3 is 3.00 bits per heavy atom. The normalized spacial score (nSPS) is 10.1. The van der Waals surface area contributed by atoms with Gasteiger partial charge in [-0.1, -0.05) is 6.07 Å². The summed E-state index contributed by atoms with van der Waals surface area (Å²) in [5.41, 5.74) is 1.29. The van der Waals surface area contributed by atoms with E-state index in [1.807, 2.05) is 18.2 Å². The molecule has 0 bridgehead atoms. The van der Waals surface area contributed by atoms with E-state index < -0.39 is 0 Å². The standard InChI is InChI=1S/C10H9BrN2S/c11-9-2-1-3-10(13-9)12-6-8-4-5-14-7-8/h1-5,7H,6H2,(H,12,13). The van der Waals surface area contributed by atoms with Crippen LogP contribution >= 0.6 is 27.3 Å². The maximum atomic E-state index is 4.28. The van der Waals surface area contributed by atoms with Gasteiger partial charge in [0.2, 0.25) is 0 Å². The van der Waals surface area contributed by atoms with Gasteiger partial charge in [0.1, 0.15) is 10.4 Å². The van der Waals surface area contributed by atoms with E-state index in [0.29, 0.717) is 0 Å². The Hall–Kier alpha value is -0.870. The van der Waals surface area contributed by atoms with Crippen molar-refractivity contribution in [3.05, 3.63) is 45.2 Å². The van der Waals surface area contributed by atoms with Gasteiger partial charge in [-0.2, -0.15) is 11.3 Å². The molecule has 2 nitrogen and oxygen atoms in total. The molecular formula is C10H9BrN2S. The monoisotopic (exact) mass is 268 g/mol. The summed E-state index contributed by atoms with van der Waals surface area (Å²) in [6.07, 6.45) is 0. The van der Waals surface area contributed by atoms with Crippen LogP contribution in [0.2, 0.25) is 0 Å². The van der Waals surface area contributed by atoms with E-state index in [0.717, 1.165) is 17.0 Å². The van der Waals surface area contributed by atoms with E-state index in [9.17, 15) is 0 Å². The Bertz CT molecular complexity index is 400. The van der Waals surface area contributed by atoms with Crippen LogP contribution in [0.5, 0.6) is 0 Å². The van der Waals surface area contributed by atoms with Gasteiger partial charge in [0.05, 0.1) is 0 Å². The number of anilines is 1. The molecule has 14 heavy (non-hydrogen) atoms. The zero-order chi connectivity index (χ0) is 9.80. The molecule has 0 aliphatic heterocycles. The fourth-order valence-corrected chi connectivity index (χ4v) is 2.10. The molecule has 0 amide bonds. The minimum atomic E-state index is 0.826. The third kappa shape index (κ3) is 2.56. The lowest BCUT2D eigenvalue weighted by Gasteiger charge is -2.03. The minimum Gasteiger partial charge on any atom is -0.366 e. The van der Waals surface area contributed by atoms with Crippen molar-refractivity contribution in [2.45, 2.75) is 6.54 Å². The molecule has 0 aromatic carbocycles. The average Bonchev–Trinajstić information content (AvgIpc) is 2.67.